The van der Waals surface area contributed by atoms with Crippen molar-refractivity contribution in [3.8, 4) is 0 Å². The maximum absolute atomic E-state index is 10.7. The average molecular weight is 164 g/mol. The van der Waals surface area contributed by atoms with Crippen molar-refractivity contribution in [2.45, 2.75) is 38.9 Å². The largest absolute Gasteiger partial charge is 0.306 e. The molecule has 10 heavy (non-hydrogen) atoms. The molecule has 0 radical (unpaired) electrons. The normalized spacial score (nSPS) is 18.5. The molecule has 2 nitrogen and oxygen atoms in total. The molecule has 0 aromatic carbocycles. The first kappa shape index (κ1) is 10.1. The van der Waals surface area contributed by atoms with Crippen molar-refractivity contribution in [2.24, 2.45) is 5.92 Å². The van der Waals surface area contributed by atoms with E-state index in [0.29, 0.717) is 5.92 Å². The van der Waals surface area contributed by atoms with Crippen LogP contribution in [0.2, 0.25) is 0 Å². The van der Waals surface area contributed by atoms with Gasteiger partial charge in [0.15, 0.2) is 11.1 Å². The van der Waals surface area contributed by atoms with Crippen LogP contribution < -0.4 is 0 Å². The summed E-state index contributed by atoms with van der Waals surface area (Å²) >= 11 is -1.71. The van der Waals surface area contributed by atoms with Crippen molar-refractivity contribution in [3.63, 3.8) is 0 Å². The van der Waals surface area contributed by atoms with Crippen molar-refractivity contribution in [3.05, 3.63) is 0 Å². The number of hydrogen-bond acceptors (Lipinski definition) is 1. The predicted molar refractivity (Wildman–Crippen MR) is 44.3 cm³/mol. The Bertz CT molecular complexity index is 132. The van der Waals surface area contributed by atoms with Crippen LogP contribution in [0, 0.1) is 5.92 Å². The molecule has 0 saturated heterocycles. The van der Waals surface area contributed by atoms with E-state index in [1.807, 2.05) is 27.7 Å². The summed E-state index contributed by atoms with van der Waals surface area (Å²) in [6.07, 6.45) is 0.944. The lowest BCUT2D eigenvalue weighted by Crippen LogP contribution is -2.33. The zero-order valence-corrected chi connectivity index (χ0v) is 7.86. The Morgan fingerprint density at radius 1 is 1.60 bits per heavy atom. The fourth-order valence-corrected chi connectivity index (χ4v) is 1.17. The van der Waals surface area contributed by atoms with E-state index >= 15 is 0 Å². The van der Waals surface area contributed by atoms with Crippen molar-refractivity contribution < 1.29 is 8.76 Å². The maximum Gasteiger partial charge on any atom is 0.158 e. The summed E-state index contributed by atoms with van der Waals surface area (Å²) in [5, 5.41) is 0. The van der Waals surface area contributed by atoms with Crippen LogP contribution in [0.15, 0.2) is 0 Å². The van der Waals surface area contributed by atoms with Gasteiger partial charge in [-0.3, -0.25) is 0 Å². The lowest BCUT2D eigenvalue weighted by Gasteiger charge is -2.26. The van der Waals surface area contributed by atoms with Gasteiger partial charge in [0, 0.05) is 0 Å². The van der Waals surface area contributed by atoms with Crippen LogP contribution in [0.4, 0.5) is 0 Å². The van der Waals surface area contributed by atoms with Crippen LogP contribution in [0.5, 0.6) is 0 Å². The van der Waals surface area contributed by atoms with Gasteiger partial charge in [-0.25, -0.2) is 4.21 Å². The highest BCUT2D eigenvalue weighted by molar-refractivity contribution is 7.80. The Morgan fingerprint density at radius 3 is 2.10 bits per heavy atom. The molecule has 62 valence electrons. The third kappa shape index (κ3) is 2.06. The van der Waals surface area contributed by atoms with Crippen LogP contribution in [-0.2, 0) is 11.1 Å². The molecule has 0 aromatic heterocycles. The molecule has 2 unspecified atom stereocenters. The van der Waals surface area contributed by atoms with Crippen molar-refractivity contribution in [2.75, 3.05) is 0 Å². The Hall–Kier alpha value is 0.110. The van der Waals surface area contributed by atoms with Crippen LogP contribution in [0.25, 0.3) is 0 Å². The molecule has 0 saturated carbocycles. The average Bonchev–Trinajstić information content (AvgIpc) is 1.86. The minimum absolute atomic E-state index is 0.290. The van der Waals surface area contributed by atoms with Crippen LogP contribution in [-0.4, -0.2) is 13.5 Å². The fraction of sp³-hybridized carbons (Fsp3) is 1.00. The zero-order valence-electron chi connectivity index (χ0n) is 7.05. The minimum Gasteiger partial charge on any atom is -0.306 e. The monoisotopic (exact) mass is 164 g/mol. The molecule has 0 rings (SSSR count). The van der Waals surface area contributed by atoms with Gasteiger partial charge < -0.3 is 4.55 Å². The molecular weight excluding hydrogens is 148 g/mol. The van der Waals surface area contributed by atoms with E-state index in [9.17, 15) is 4.21 Å². The molecule has 0 amide bonds. The minimum atomic E-state index is -1.71. The molecule has 0 heterocycles. The predicted octanol–water partition coefficient (Wildman–Crippen LogP) is 2.03. The van der Waals surface area contributed by atoms with E-state index in [-0.39, 0.29) is 0 Å². The molecule has 0 aromatic rings. The summed E-state index contributed by atoms with van der Waals surface area (Å²) in [6.45, 7) is 7.65. The second kappa shape index (κ2) is 3.49. The quantitative estimate of drug-likeness (QED) is 0.648. The molecule has 1 N–H and O–H groups in total. The molecular formula is C7H16O2S. The van der Waals surface area contributed by atoms with Crippen LogP contribution in [0.3, 0.4) is 0 Å². The zero-order chi connectivity index (χ0) is 8.36. The molecule has 0 bridgehead atoms. The van der Waals surface area contributed by atoms with E-state index in [2.05, 4.69) is 0 Å². The van der Waals surface area contributed by atoms with Gasteiger partial charge in [-0.15, -0.1) is 0 Å². The Kier molecular flexibility index (Phi) is 3.52. The second-order valence-corrected chi connectivity index (χ2v) is 4.71. The van der Waals surface area contributed by atoms with Crippen LogP contribution >= 0.6 is 0 Å². The summed E-state index contributed by atoms with van der Waals surface area (Å²) in [4.78, 5) is 0. The second-order valence-electron chi connectivity index (χ2n) is 3.16. The molecule has 3 heteroatoms. The molecule has 0 aliphatic carbocycles. The van der Waals surface area contributed by atoms with E-state index in [1.54, 1.807) is 0 Å². The topological polar surface area (TPSA) is 37.3 Å². The van der Waals surface area contributed by atoms with E-state index in [0.717, 1.165) is 6.42 Å². The van der Waals surface area contributed by atoms with Gasteiger partial charge >= 0.3 is 0 Å². The van der Waals surface area contributed by atoms with Crippen LogP contribution in [0.1, 0.15) is 34.1 Å². The Balaban J connectivity index is 4.23. The molecule has 2 atom stereocenters. The highest BCUT2D eigenvalue weighted by Gasteiger charge is 2.30. The lowest BCUT2D eigenvalue weighted by atomic mass is 9.95. The van der Waals surface area contributed by atoms with E-state index < -0.39 is 15.8 Å². The number of rotatable bonds is 3. The van der Waals surface area contributed by atoms with Crippen molar-refractivity contribution >= 4 is 11.1 Å². The first-order chi connectivity index (χ1) is 4.42. The van der Waals surface area contributed by atoms with E-state index in [4.69, 9.17) is 4.55 Å². The summed E-state index contributed by atoms with van der Waals surface area (Å²) in [6, 6.07) is 0. The summed E-state index contributed by atoms with van der Waals surface area (Å²) in [5.74, 6) is 0.290. The third-order valence-corrected chi connectivity index (χ3v) is 3.55. The molecule has 0 aliphatic heterocycles. The van der Waals surface area contributed by atoms with Gasteiger partial charge in [0.1, 0.15) is 0 Å². The summed E-state index contributed by atoms with van der Waals surface area (Å²) in [7, 11) is 0. The Labute approximate surface area is 65.3 Å². The van der Waals surface area contributed by atoms with Gasteiger partial charge in [0.2, 0.25) is 0 Å². The Morgan fingerprint density at radius 2 is 2.00 bits per heavy atom. The van der Waals surface area contributed by atoms with Crippen molar-refractivity contribution in [1.82, 2.24) is 0 Å². The van der Waals surface area contributed by atoms with Gasteiger partial charge in [-0.05, 0) is 19.8 Å². The van der Waals surface area contributed by atoms with Gasteiger partial charge in [-0.2, -0.15) is 0 Å². The van der Waals surface area contributed by atoms with Gasteiger partial charge in [0.25, 0.3) is 0 Å². The standard InChI is InChI=1S/C7H16O2S/c1-5-6(2)7(3,4)10(8)9/h6H,5H2,1-4H3,(H,8,9). The first-order valence-electron chi connectivity index (χ1n) is 3.53. The molecule has 0 fully saturated rings. The third-order valence-electron chi connectivity index (χ3n) is 2.25. The highest BCUT2D eigenvalue weighted by atomic mass is 32.2. The molecule has 0 spiro atoms. The molecule has 0 aliphatic rings. The first-order valence-corrected chi connectivity index (χ1v) is 4.64. The highest BCUT2D eigenvalue weighted by Crippen LogP contribution is 2.24. The maximum atomic E-state index is 10.7. The van der Waals surface area contributed by atoms with E-state index in [1.165, 1.54) is 0 Å². The van der Waals surface area contributed by atoms with Crippen molar-refractivity contribution in [1.29, 1.82) is 0 Å². The lowest BCUT2D eigenvalue weighted by molar-refractivity contribution is 0.404. The number of hydrogen-bond donors (Lipinski definition) is 1. The smallest absolute Gasteiger partial charge is 0.158 e. The van der Waals surface area contributed by atoms with Gasteiger partial charge in [-0.1, -0.05) is 20.3 Å². The summed E-state index contributed by atoms with van der Waals surface area (Å²) in [5.41, 5.74) is 0. The van der Waals surface area contributed by atoms with Gasteiger partial charge in [0.05, 0.1) is 4.75 Å². The summed E-state index contributed by atoms with van der Waals surface area (Å²) < 4.78 is 19.1. The fourth-order valence-electron chi connectivity index (χ4n) is 0.664. The SMILES string of the molecule is CCC(C)C(C)(C)S(=O)O.